The molecule has 0 aromatic heterocycles. The van der Waals surface area contributed by atoms with Gasteiger partial charge in [-0.3, -0.25) is 0 Å². The highest BCUT2D eigenvalue weighted by atomic mass is 16.5. The van der Waals surface area contributed by atoms with Crippen molar-refractivity contribution in [3.8, 4) is 0 Å². The molecule has 3 N–H and O–H groups in total. The Morgan fingerprint density at radius 1 is 1.24 bits per heavy atom. The van der Waals surface area contributed by atoms with Crippen LogP contribution in [-0.2, 0) is 4.74 Å². The lowest BCUT2D eigenvalue weighted by atomic mass is 10.1. The van der Waals surface area contributed by atoms with Gasteiger partial charge in [0.1, 0.15) is 5.76 Å². The molecule has 3 heteroatoms. The monoisotopic (exact) mass is 234 g/mol. The molecule has 0 spiro atoms. The second kappa shape index (κ2) is 7.63. The molecule has 0 aromatic rings. The molecule has 0 saturated carbocycles. The predicted octanol–water partition coefficient (Wildman–Crippen LogP) is 2.96. The van der Waals surface area contributed by atoms with Crippen molar-refractivity contribution in [3.05, 3.63) is 46.8 Å². The van der Waals surface area contributed by atoms with E-state index in [1.807, 2.05) is 32.9 Å². The summed E-state index contributed by atoms with van der Waals surface area (Å²) >= 11 is 0. The molecule has 0 aliphatic heterocycles. The van der Waals surface area contributed by atoms with Crippen molar-refractivity contribution < 1.29 is 4.74 Å². The number of rotatable bonds is 6. The maximum atomic E-state index is 7.31. The maximum Gasteiger partial charge on any atom is 0.120 e. The van der Waals surface area contributed by atoms with Crippen LogP contribution in [0.25, 0.3) is 0 Å². The van der Waals surface area contributed by atoms with Crippen molar-refractivity contribution >= 4 is 6.21 Å². The zero-order valence-corrected chi connectivity index (χ0v) is 11.1. The molecule has 0 amide bonds. The number of nitrogens with one attached hydrogen (secondary N) is 1. The van der Waals surface area contributed by atoms with Gasteiger partial charge in [-0.2, -0.15) is 0 Å². The highest BCUT2D eigenvalue weighted by Gasteiger charge is 2.00. The van der Waals surface area contributed by atoms with Gasteiger partial charge in [-0.15, -0.1) is 0 Å². The SMILES string of the molecule is C=C(OC)/C(C=N)=C/C(C)=C(C)/C=C(\C)CN. The zero-order valence-electron chi connectivity index (χ0n) is 11.1. The van der Waals surface area contributed by atoms with Crippen LogP contribution < -0.4 is 5.73 Å². The van der Waals surface area contributed by atoms with Crippen molar-refractivity contribution in [3.63, 3.8) is 0 Å². The van der Waals surface area contributed by atoms with Crippen molar-refractivity contribution in [1.82, 2.24) is 0 Å². The topological polar surface area (TPSA) is 59.1 Å². The minimum absolute atomic E-state index is 0.492. The molecular formula is C14H22N2O. The summed E-state index contributed by atoms with van der Waals surface area (Å²) in [5.74, 6) is 0.492. The third kappa shape index (κ3) is 5.31. The fraction of sp³-hybridized carbons (Fsp3) is 0.357. The molecule has 0 atom stereocenters. The normalized spacial score (nSPS) is 14.2. The number of ether oxygens (including phenoxy) is 1. The minimum Gasteiger partial charge on any atom is -0.497 e. The first-order valence-corrected chi connectivity index (χ1v) is 5.46. The first-order valence-electron chi connectivity index (χ1n) is 5.46. The van der Waals surface area contributed by atoms with E-state index < -0.39 is 0 Å². The van der Waals surface area contributed by atoms with E-state index in [4.69, 9.17) is 15.9 Å². The second-order valence-electron chi connectivity index (χ2n) is 3.93. The molecule has 0 aliphatic rings. The van der Waals surface area contributed by atoms with E-state index in [0.29, 0.717) is 17.9 Å². The van der Waals surface area contributed by atoms with Crippen LogP contribution in [0.4, 0.5) is 0 Å². The quantitative estimate of drug-likeness (QED) is 0.421. The predicted molar refractivity (Wildman–Crippen MR) is 74.2 cm³/mol. The highest BCUT2D eigenvalue weighted by molar-refractivity contribution is 5.82. The Bertz CT molecular complexity index is 387. The van der Waals surface area contributed by atoms with Crippen LogP contribution in [0, 0.1) is 5.41 Å². The van der Waals surface area contributed by atoms with Crippen molar-refractivity contribution in [2.24, 2.45) is 5.73 Å². The van der Waals surface area contributed by atoms with Gasteiger partial charge < -0.3 is 15.9 Å². The van der Waals surface area contributed by atoms with Crippen LogP contribution >= 0.6 is 0 Å². The van der Waals surface area contributed by atoms with Gasteiger partial charge in [-0.25, -0.2) is 0 Å². The van der Waals surface area contributed by atoms with Crippen LogP contribution in [0.15, 0.2) is 46.8 Å². The molecule has 0 saturated heterocycles. The molecule has 0 heterocycles. The molecule has 0 fully saturated rings. The largest absolute Gasteiger partial charge is 0.497 e. The fourth-order valence-electron chi connectivity index (χ4n) is 1.21. The molecule has 94 valence electrons. The first kappa shape index (κ1) is 15.4. The number of methoxy groups -OCH3 is 1. The summed E-state index contributed by atoms with van der Waals surface area (Å²) < 4.78 is 5.01. The second-order valence-corrected chi connectivity index (χ2v) is 3.93. The Kier molecular flexibility index (Phi) is 6.91. The smallest absolute Gasteiger partial charge is 0.120 e. The van der Waals surface area contributed by atoms with E-state index in [9.17, 15) is 0 Å². The van der Waals surface area contributed by atoms with Gasteiger partial charge >= 0.3 is 0 Å². The summed E-state index contributed by atoms with van der Waals surface area (Å²) in [5, 5.41) is 7.31. The number of hydrogen-bond donors (Lipinski definition) is 2. The van der Waals surface area contributed by atoms with Crippen LogP contribution in [-0.4, -0.2) is 19.9 Å². The summed E-state index contributed by atoms with van der Waals surface area (Å²) in [6, 6.07) is 0. The summed E-state index contributed by atoms with van der Waals surface area (Å²) in [4.78, 5) is 0. The van der Waals surface area contributed by atoms with Gasteiger partial charge in [-0.05, 0) is 38.0 Å². The van der Waals surface area contributed by atoms with E-state index in [-0.39, 0.29) is 0 Å². The average molecular weight is 234 g/mol. The molecule has 0 radical (unpaired) electrons. The summed E-state index contributed by atoms with van der Waals surface area (Å²) in [5.41, 5.74) is 9.52. The molecule has 0 bridgehead atoms. The Balaban J connectivity index is 5.22. The van der Waals surface area contributed by atoms with Gasteiger partial charge in [0.25, 0.3) is 0 Å². The lowest BCUT2D eigenvalue weighted by molar-refractivity contribution is 0.306. The lowest BCUT2D eigenvalue weighted by Gasteiger charge is -2.06. The number of allylic oxidation sites excluding steroid dienone is 5. The Morgan fingerprint density at radius 3 is 2.18 bits per heavy atom. The highest BCUT2D eigenvalue weighted by Crippen LogP contribution is 2.14. The average Bonchev–Trinajstić information content (AvgIpc) is 2.34. The van der Waals surface area contributed by atoms with E-state index in [2.05, 4.69) is 6.58 Å². The molecule has 0 unspecified atom stereocenters. The van der Waals surface area contributed by atoms with E-state index in [0.717, 1.165) is 16.7 Å². The Morgan fingerprint density at radius 2 is 1.76 bits per heavy atom. The van der Waals surface area contributed by atoms with Crippen LogP contribution in [0.2, 0.25) is 0 Å². The molecule has 0 aliphatic carbocycles. The van der Waals surface area contributed by atoms with Gasteiger partial charge in [0.15, 0.2) is 0 Å². The molecule has 17 heavy (non-hydrogen) atoms. The summed E-state index contributed by atoms with van der Waals surface area (Å²) in [6.07, 6.45) is 5.17. The zero-order chi connectivity index (χ0) is 13.4. The van der Waals surface area contributed by atoms with Gasteiger partial charge in [0.05, 0.1) is 7.11 Å². The first-order chi connectivity index (χ1) is 7.96. The number of nitrogens with two attached hydrogens (primary N) is 1. The number of hydrogen-bond acceptors (Lipinski definition) is 3. The minimum atomic E-state index is 0.492. The Hall–Kier alpha value is -1.61. The third-order valence-corrected chi connectivity index (χ3v) is 2.50. The van der Waals surface area contributed by atoms with Gasteiger partial charge in [-0.1, -0.05) is 18.2 Å². The van der Waals surface area contributed by atoms with Crippen molar-refractivity contribution in [2.75, 3.05) is 13.7 Å². The molecule has 0 aromatic carbocycles. The van der Waals surface area contributed by atoms with Crippen LogP contribution in [0.3, 0.4) is 0 Å². The summed E-state index contributed by atoms with van der Waals surface area (Å²) in [6.45, 7) is 10.3. The molecule has 0 rings (SSSR count). The van der Waals surface area contributed by atoms with E-state index in [1.54, 1.807) is 7.11 Å². The van der Waals surface area contributed by atoms with Crippen molar-refractivity contribution in [1.29, 1.82) is 5.41 Å². The molecular weight excluding hydrogens is 212 g/mol. The van der Waals surface area contributed by atoms with E-state index in [1.165, 1.54) is 6.21 Å². The summed E-state index contributed by atoms with van der Waals surface area (Å²) in [7, 11) is 1.55. The van der Waals surface area contributed by atoms with Crippen LogP contribution in [0.5, 0.6) is 0 Å². The van der Waals surface area contributed by atoms with Gasteiger partial charge in [0.2, 0.25) is 0 Å². The van der Waals surface area contributed by atoms with Gasteiger partial charge in [0, 0.05) is 18.3 Å². The Labute approximate surface area is 104 Å². The fourth-order valence-corrected chi connectivity index (χ4v) is 1.21. The van der Waals surface area contributed by atoms with E-state index >= 15 is 0 Å². The van der Waals surface area contributed by atoms with Crippen molar-refractivity contribution in [2.45, 2.75) is 20.8 Å². The lowest BCUT2D eigenvalue weighted by Crippen LogP contribution is -2.00. The third-order valence-electron chi connectivity index (χ3n) is 2.50. The maximum absolute atomic E-state index is 7.31. The van der Waals surface area contributed by atoms with Crippen LogP contribution in [0.1, 0.15) is 20.8 Å². The standard InChI is InChI=1S/C14H22N2O/c1-10(8-15)6-11(2)12(3)7-14(9-16)13(4)17-5/h6-7,9,16H,4,8,15H2,1-3,5H3/b10-6+,12-11+,14-7+,16-9?. The molecule has 3 nitrogen and oxygen atoms in total.